The molecule has 2 heteroatoms. The highest BCUT2D eigenvalue weighted by molar-refractivity contribution is 5.61. The number of hydrogen-bond donors (Lipinski definition) is 0. The maximum absolute atomic E-state index is 5.46. The summed E-state index contributed by atoms with van der Waals surface area (Å²) in [6.45, 7) is 3.00. The molecule has 1 aromatic rings. The molecule has 0 aliphatic heterocycles. The molecule has 0 heterocycles. The summed E-state index contributed by atoms with van der Waals surface area (Å²) in [4.78, 5) is 2.21. The van der Waals surface area contributed by atoms with E-state index in [0.29, 0.717) is 0 Å². The van der Waals surface area contributed by atoms with Gasteiger partial charge < -0.3 is 4.74 Å². The zero-order chi connectivity index (χ0) is 13.8. The lowest BCUT2D eigenvalue weighted by Gasteiger charge is -2.24. The van der Waals surface area contributed by atoms with Crippen molar-refractivity contribution in [2.75, 3.05) is 20.7 Å². The molecule has 0 fully saturated rings. The fourth-order valence-corrected chi connectivity index (χ4v) is 2.36. The van der Waals surface area contributed by atoms with Gasteiger partial charge in [0.1, 0.15) is 5.75 Å². The van der Waals surface area contributed by atoms with E-state index in [1.807, 2.05) is 6.07 Å². The third-order valence-corrected chi connectivity index (χ3v) is 3.78. The fraction of sp³-hybridized carbons (Fsp3) is 0.412. The summed E-state index contributed by atoms with van der Waals surface area (Å²) in [5.41, 5.74) is 4.13. The molecular formula is C17H21NO. The van der Waals surface area contributed by atoms with Crippen LogP contribution in [-0.4, -0.2) is 31.6 Å². The van der Waals surface area contributed by atoms with Crippen LogP contribution in [0, 0.1) is 12.3 Å². The van der Waals surface area contributed by atoms with Gasteiger partial charge >= 0.3 is 0 Å². The number of rotatable bonds is 4. The van der Waals surface area contributed by atoms with Crippen LogP contribution in [-0.2, 0) is 6.42 Å². The Morgan fingerprint density at radius 3 is 2.89 bits per heavy atom. The van der Waals surface area contributed by atoms with Crippen molar-refractivity contribution < 1.29 is 4.74 Å². The lowest BCUT2D eigenvalue weighted by Crippen LogP contribution is -2.30. The Morgan fingerprint density at radius 2 is 2.21 bits per heavy atom. The molecule has 2 nitrogen and oxygen atoms in total. The Bertz CT molecular complexity index is 525. The number of methoxy groups -OCH3 is 1. The highest BCUT2D eigenvalue weighted by Crippen LogP contribution is 2.27. The van der Waals surface area contributed by atoms with Gasteiger partial charge in [-0.3, -0.25) is 4.90 Å². The number of ether oxygens (including phenoxy) is 1. The molecule has 19 heavy (non-hydrogen) atoms. The topological polar surface area (TPSA) is 12.5 Å². The Balaban J connectivity index is 2.13. The van der Waals surface area contributed by atoms with E-state index in [0.717, 1.165) is 25.1 Å². The summed E-state index contributed by atoms with van der Waals surface area (Å²) in [5.74, 6) is 3.71. The maximum Gasteiger partial charge on any atom is 0.119 e. The van der Waals surface area contributed by atoms with Crippen LogP contribution in [0.5, 0.6) is 5.75 Å². The number of nitrogens with zero attached hydrogens (tertiary/aromatic N) is 1. The van der Waals surface area contributed by atoms with Crippen LogP contribution in [0.25, 0.3) is 6.08 Å². The van der Waals surface area contributed by atoms with Crippen LogP contribution < -0.4 is 4.74 Å². The van der Waals surface area contributed by atoms with Gasteiger partial charge in [0.15, 0.2) is 0 Å². The van der Waals surface area contributed by atoms with Gasteiger partial charge in [0.2, 0.25) is 0 Å². The predicted octanol–water partition coefficient (Wildman–Crippen LogP) is 2.98. The van der Waals surface area contributed by atoms with Crippen LogP contribution in [0.4, 0.5) is 0 Å². The first kappa shape index (κ1) is 13.7. The molecule has 1 aliphatic carbocycles. The van der Waals surface area contributed by atoms with Crippen molar-refractivity contribution in [2.45, 2.75) is 25.8 Å². The molecule has 0 N–H and O–H groups in total. The number of likely N-dealkylation sites (N-methyl/N-ethyl adjacent to an activating group) is 1. The van der Waals surface area contributed by atoms with E-state index in [1.54, 1.807) is 7.11 Å². The molecule has 1 aromatic carbocycles. The molecular weight excluding hydrogens is 234 g/mol. The SMILES string of the molecule is C#C[C@@H](C)N(C)CC1=Cc2ccc(OC)cc2CC1. The smallest absolute Gasteiger partial charge is 0.119 e. The molecule has 0 saturated heterocycles. The third kappa shape index (κ3) is 3.19. The predicted molar refractivity (Wildman–Crippen MR) is 80.2 cm³/mol. The van der Waals surface area contributed by atoms with Crippen molar-refractivity contribution in [3.63, 3.8) is 0 Å². The van der Waals surface area contributed by atoms with Crippen molar-refractivity contribution in [3.8, 4) is 18.1 Å². The van der Waals surface area contributed by atoms with Gasteiger partial charge in [-0.15, -0.1) is 6.42 Å². The Hall–Kier alpha value is -1.72. The number of benzene rings is 1. The van der Waals surface area contributed by atoms with E-state index in [9.17, 15) is 0 Å². The van der Waals surface area contributed by atoms with Gasteiger partial charge in [0.25, 0.3) is 0 Å². The quantitative estimate of drug-likeness (QED) is 0.767. The normalized spacial score (nSPS) is 15.4. The molecule has 1 aliphatic rings. The van der Waals surface area contributed by atoms with E-state index >= 15 is 0 Å². The van der Waals surface area contributed by atoms with E-state index < -0.39 is 0 Å². The Kier molecular flexibility index (Phi) is 4.29. The minimum atomic E-state index is 0.179. The van der Waals surface area contributed by atoms with Gasteiger partial charge in [-0.05, 0) is 50.1 Å². The summed E-state index contributed by atoms with van der Waals surface area (Å²) in [5, 5.41) is 0. The molecule has 100 valence electrons. The van der Waals surface area contributed by atoms with Gasteiger partial charge in [-0.1, -0.05) is 23.6 Å². The lowest BCUT2D eigenvalue weighted by atomic mass is 9.91. The van der Waals surface area contributed by atoms with Crippen molar-refractivity contribution in [3.05, 3.63) is 34.9 Å². The molecule has 0 bridgehead atoms. The monoisotopic (exact) mass is 255 g/mol. The minimum absolute atomic E-state index is 0.179. The van der Waals surface area contributed by atoms with Gasteiger partial charge in [0.05, 0.1) is 13.2 Å². The molecule has 0 radical (unpaired) electrons. The zero-order valence-corrected chi connectivity index (χ0v) is 11.9. The summed E-state index contributed by atoms with van der Waals surface area (Å²) in [7, 11) is 3.79. The molecule has 0 aromatic heterocycles. The molecule has 0 amide bonds. The number of aryl methyl sites for hydroxylation is 1. The average Bonchev–Trinajstić information content (AvgIpc) is 2.45. The summed E-state index contributed by atoms with van der Waals surface area (Å²) < 4.78 is 5.27. The lowest BCUT2D eigenvalue weighted by molar-refractivity contribution is 0.327. The summed E-state index contributed by atoms with van der Waals surface area (Å²) in [6.07, 6.45) is 9.93. The Morgan fingerprint density at radius 1 is 1.42 bits per heavy atom. The number of terminal acetylenes is 1. The standard InChI is InChI=1S/C17H21NO/c1-5-13(2)18(3)12-14-6-7-16-11-17(19-4)9-8-15(16)10-14/h1,8-11,13H,6-7,12H2,2-4H3/t13-/m1/s1. The molecule has 1 atom stereocenters. The molecule has 0 saturated carbocycles. The molecule has 0 unspecified atom stereocenters. The largest absolute Gasteiger partial charge is 0.497 e. The van der Waals surface area contributed by atoms with Crippen molar-refractivity contribution in [1.29, 1.82) is 0 Å². The highest BCUT2D eigenvalue weighted by atomic mass is 16.5. The second-order valence-electron chi connectivity index (χ2n) is 5.13. The Labute approximate surface area is 116 Å². The fourth-order valence-electron chi connectivity index (χ4n) is 2.36. The second-order valence-corrected chi connectivity index (χ2v) is 5.13. The summed E-state index contributed by atoms with van der Waals surface area (Å²) >= 11 is 0. The maximum atomic E-state index is 5.46. The van der Waals surface area contributed by atoms with Crippen molar-refractivity contribution >= 4 is 6.08 Å². The first-order valence-electron chi connectivity index (χ1n) is 6.66. The first-order chi connectivity index (χ1) is 9.13. The van der Waals surface area contributed by atoms with Crippen LogP contribution >= 0.6 is 0 Å². The summed E-state index contributed by atoms with van der Waals surface area (Å²) in [6, 6.07) is 6.47. The van der Waals surface area contributed by atoms with E-state index in [2.05, 4.69) is 43.0 Å². The third-order valence-electron chi connectivity index (χ3n) is 3.78. The first-order valence-corrected chi connectivity index (χ1v) is 6.66. The zero-order valence-electron chi connectivity index (χ0n) is 11.9. The van der Waals surface area contributed by atoms with E-state index in [-0.39, 0.29) is 6.04 Å². The van der Waals surface area contributed by atoms with Crippen LogP contribution in [0.3, 0.4) is 0 Å². The van der Waals surface area contributed by atoms with E-state index in [4.69, 9.17) is 11.2 Å². The van der Waals surface area contributed by atoms with E-state index in [1.165, 1.54) is 16.7 Å². The van der Waals surface area contributed by atoms with Crippen molar-refractivity contribution in [1.82, 2.24) is 4.90 Å². The van der Waals surface area contributed by atoms with Gasteiger partial charge in [-0.2, -0.15) is 0 Å². The van der Waals surface area contributed by atoms with Crippen molar-refractivity contribution in [2.24, 2.45) is 0 Å². The average molecular weight is 255 g/mol. The highest BCUT2D eigenvalue weighted by Gasteiger charge is 2.14. The van der Waals surface area contributed by atoms with Crippen LogP contribution in [0.2, 0.25) is 0 Å². The number of hydrogen-bond acceptors (Lipinski definition) is 2. The van der Waals surface area contributed by atoms with Crippen LogP contribution in [0.15, 0.2) is 23.8 Å². The van der Waals surface area contributed by atoms with Crippen LogP contribution in [0.1, 0.15) is 24.5 Å². The van der Waals surface area contributed by atoms with Gasteiger partial charge in [0, 0.05) is 6.54 Å². The van der Waals surface area contributed by atoms with Gasteiger partial charge in [-0.25, -0.2) is 0 Å². The molecule has 2 rings (SSSR count). The number of fused-ring (bicyclic) bond motifs is 1. The second kappa shape index (κ2) is 5.95. The molecule has 0 spiro atoms. The minimum Gasteiger partial charge on any atom is -0.497 e.